The molecule has 2 rings (SSSR count). The second-order valence-corrected chi connectivity index (χ2v) is 5.78. The Kier molecular flexibility index (Phi) is 5.96. The Balaban J connectivity index is 2.15. The number of nitro benzene ring substituents is 1. The van der Waals surface area contributed by atoms with Crippen LogP contribution in [0.1, 0.15) is 23.5 Å². The van der Waals surface area contributed by atoms with Crippen LogP contribution >= 0.6 is 11.6 Å². The Labute approximate surface area is 140 Å². The highest BCUT2D eigenvalue weighted by atomic mass is 35.5. The van der Waals surface area contributed by atoms with Gasteiger partial charge in [-0.05, 0) is 25.0 Å². The van der Waals surface area contributed by atoms with Crippen LogP contribution in [-0.4, -0.2) is 23.2 Å². The molecule has 5 nitrogen and oxygen atoms in total. The number of aliphatic hydroxyl groups is 1. The van der Waals surface area contributed by atoms with Crippen LogP contribution in [0.3, 0.4) is 0 Å². The quantitative estimate of drug-likeness (QED) is 0.589. The topological polar surface area (TPSA) is 75.4 Å². The van der Waals surface area contributed by atoms with Crippen molar-refractivity contribution in [1.29, 1.82) is 0 Å². The third-order valence-electron chi connectivity index (χ3n) is 3.77. The second-order valence-electron chi connectivity index (χ2n) is 5.38. The maximum absolute atomic E-state index is 10.9. The molecule has 0 bridgehead atoms. The van der Waals surface area contributed by atoms with Gasteiger partial charge in [0.1, 0.15) is 0 Å². The number of benzene rings is 2. The SMILES string of the molecule is Cc1cc(NCC(CCO)c2ccccc2)c(Cl)cc1[N+](=O)[O-]. The highest BCUT2D eigenvalue weighted by molar-refractivity contribution is 6.33. The van der Waals surface area contributed by atoms with E-state index in [-0.39, 0.29) is 18.2 Å². The normalized spacial score (nSPS) is 12.0. The number of halogens is 1. The molecule has 0 aromatic heterocycles. The van der Waals surface area contributed by atoms with E-state index in [1.807, 2.05) is 30.3 Å². The lowest BCUT2D eigenvalue weighted by Gasteiger charge is -2.18. The zero-order chi connectivity index (χ0) is 16.8. The lowest BCUT2D eigenvalue weighted by atomic mass is 9.96. The predicted molar refractivity (Wildman–Crippen MR) is 92.2 cm³/mol. The minimum atomic E-state index is -0.441. The molecule has 0 fully saturated rings. The van der Waals surface area contributed by atoms with E-state index >= 15 is 0 Å². The standard InChI is InChI=1S/C17H19ClN2O3/c1-12-9-16(15(18)10-17(12)20(22)23)19-11-14(7-8-21)13-5-3-2-4-6-13/h2-6,9-10,14,19,21H,7-8,11H2,1H3. The van der Waals surface area contributed by atoms with Crippen LogP contribution in [0.15, 0.2) is 42.5 Å². The number of nitro groups is 1. The second kappa shape index (κ2) is 7.94. The first-order valence-corrected chi connectivity index (χ1v) is 7.75. The molecule has 23 heavy (non-hydrogen) atoms. The third kappa shape index (κ3) is 4.43. The van der Waals surface area contributed by atoms with Crippen LogP contribution in [0.25, 0.3) is 0 Å². The summed E-state index contributed by atoms with van der Waals surface area (Å²) in [5.74, 6) is 0.132. The van der Waals surface area contributed by atoms with Crippen molar-refractivity contribution in [3.05, 3.63) is 68.7 Å². The van der Waals surface area contributed by atoms with Crippen LogP contribution < -0.4 is 5.32 Å². The molecule has 2 aromatic carbocycles. The number of aliphatic hydroxyl groups excluding tert-OH is 1. The molecule has 0 amide bonds. The maximum atomic E-state index is 10.9. The highest BCUT2D eigenvalue weighted by Crippen LogP contribution is 2.31. The number of anilines is 1. The summed E-state index contributed by atoms with van der Waals surface area (Å²) in [6, 6.07) is 13.0. The molecule has 122 valence electrons. The minimum Gasteiger partial charge on any atom is -0.396 e. The molecule has 0 aliphatic carbocycles. The van der Waals surface area contributed by atoms with E-state index in [1.165, 1.54) is 6.07 Å². The molecule has 2 N–H and O–H groups in total. The van der Waals surface area contributed by atoms with Gasteiger partial charge >= 0.3 is 0 Å². The molecule has 6 heteroatoms. The van der Waals surface area contributed by atoms with Crippen molar-refractivity contribution < 1.29 is 10.0 Å². The number of hydrogen-bond donors (Lipinski definition) is 2. The summed E-state index contributed by atoms with van der Waals surface area (Å²) in [5.41, 5.74) is 2.35. The summed E-state index contributed by atoms with van der Waals surface area (Å²) >= 11 is 6.14. The Hall–Kier alpha value is -2.11. The summed E-state index contributed by atoms with van der Waals surface area (Å²) in [7, 11) is 0. The van der Waals surface area contributed by atoms with Crippen molar-refractivity contribution in [3.63, 3.8) is 0 Å². The molecule has 0 spiro atoms. The van der Waals surface area contributed by atoms with E-state index in [4.69, 9.17) is 11.6 Å². The van der Waals surface area contributed by atoms with Gasteiger partial charge in [-0.3, -0.25) is 10.1 Å². The zero-order valence-corrected chi connectivity index (χ0v) is 13.6. The van der Waals surface area contributed by atoms with Gasteiger partial charge in [0.05, 0.1) is 15.6 Å². The number of hydrogen-bond acceptors (Lipinski definition) is 4. The van der Waals surface area contributed by atoms with Crippen LogP contribution in [0, 0.1) is 17.0 Å². The summed E-state index contributed by atoms with van der Waals surface area (Å²) in [6.07, 6.45) is 0.626. The van der Waals surface area contributed by atoms with Gasteiger partial charge < -0.3 is 10.4 Å². The van der Waals surface area contributed by atoms with Gasteiger partial charge in [-0.25, -0.2) is 0 Å². The van der Waals surface area contributed by atoms with Gasteiger partial charge in [0.2, 0.25) is 0 Å². The maximum Gasteiger partial charge on any atom is 0.273 e. The lowest BCUT2D eigenvalue weighted by molar-refractivity contribution is -0.385. The molecule has 1 atom stereocenters. The van der Waals surface area contributed by atoms with Gasteiger partial charge in [0.15, 0.2) is 0 Å². The van der Waals surface area contributed by atoms with Crippen LogP contribution in [0.4, 0.5) is 11.4 Å². The van der Waals surface area contributed by atoms with Crippen molar-refractivity contribution in [3.8, 4) is 0 Å². The van der Waals surface area contributed by atoms with Crippen molar-refractivity contribution in [1.82, 2.24) is 0 Å². The van der Waals surface area contributed by atoms with Crippen LogP contribution in [0.5, 0.6) is 0 Å². The average molecular weight is 335 g/mol. The summed E-state index contributed by atoms with van der Waals surface area (Å²) < 4.78 is 0. The van der Waals surface area contributed by atoms with Gasteiger partial charge in [-0.2, -0.15) is 0 Å². The highest BCUT2D eigenvalue weighted by Gasteiger charge is 2.16. The number of nitrogens with one attached hydrogen (secondary N) is 1. The van der Waals surface area contributed by atoms with Crippen molar-refractivity contribution >= 4 is 23.0 Å². The average Bonchev–Trinajstić information content (AvgIpc) is 2.54. The Morgan fingerprint density at radius 3 is 2.61 bits per heavy atom. The molecule has 0 aliphatic rings. The predicted octanol–water partition coefficient (Wildman–Crippen LogP) is 4.13. The fraction of sp³-hybridized carbons (Fsp3) is 0.294. The van der Waals surface area contributed by atoms with E-state index < -0.39 is 4.92 Å². The molecule has 0 aliphatic heterocycles. The molecule has 1 unspecified atom stereocenters. The molecule has 0 saturated carbocycles. The number of aryl methyl sites for hydroxylation is 1. The van der Waals surface area contributed by atoms with E-state index in [0.717, 1.165) is 5.56 Å². The van der Waals surface area contributed by atoms with E-state index in [9.17, 15) is 15.2 Å². The van der Waals surface area contributed by atoms with Crippen LogP contribution in [-0.2, 0) is 0 Å². The smallest absolute Gasteiger partial charge is 0.273 e. The first-order chi connectivity index (χ1) is 11.0. The van der Waals surface area contributed by atoms with E-state index in [2.05, 4.69) is 5.32 Å². The summed E-state index contributed by atoms with van der Waals surface area (Å²) in [6.45, 7) is 2.36. The lowest BCUT2D eigenvalue weighted by Crippen LogP contribution is -2.14. The molecular formula is C17H19ClN2O3. The van der Waals surface area contributed by atoms with Crippen LogP contribution in [0.2, 0.25) is 5.02 Å². The Morgan fingerprint density at radius 1 is 1.30 bits per heavy atom. The Bertz CT molecular complexity index is 677. The summed E-state index contributed by atoms with van der Waals surface area (Å²) in [4.78, 5) is 10.5. The molecule has 0 heterocycles. The zero-order valence-electron chi connectivity index (χ0n) is 12.8. The molecule has 0 saturated heterocycles. The van der Waals surface area contributed by atoms with Gasteiger partial charge in [-0.15, -0.1) is 0 Å². The van der Waals surface area contributed by atoms with Crippen molar-refractivity contribution in [2.75, 3.05) is 18.5 Å². The molecule has 0 radical (unpaired) electrons. The van der Waals surface area contributed by atoms with Gasteiger partial charge in [0.25, 0.3) is 5.69 Å². The fourth-order valence-corrected chi connectivity index (χ4v) is 2.73. The molecule has 2 aromatic rings. The largest absolute Gasteiger partial charge is 0.396 e. The van der Waals surface area contributed by atoms with Crippen molar-refractivity contribution in [2.45, 2.75) is 19.3 Å². The minimum absolute atomic E-state index is 0.00974. The fourth-order valence-electron chi connectivity index (χ4n) is 2.50. The Morgan fingerprint density at radius 2 is 2.00 bits per heavy atom. The van der Waals surface area contributed by atoms with Gasteiger partial charge in [-0.1, -0.05) is 41.9 Å². The number of rotatable bonds is 7. The first kappa shape index (κ1) is 17.2. The first-order valence-electron chi connectivity index (χ1n) is 7.37. The van der Waals surface area contributed by atoms with Crippen molar-refractivity contribution in [2.24, 2.45) is 0 Å². The van der Waals surface area contributed by atoms with E-state index in [1.54, 1.807) is 13.0 Å². The monoisotopic (exact) mass is 334 g/mol. The molecular weight excluding hydrogens is 316 g/mol. The summed E-state index contributed by atoms with van der Waals surface area (Å²) in [5, 5.41) is 23.7. The number of nitrogens with zero attached hydrogens (tertiary/aromatic N) is 1. The van der Waals surface area contributed by atoms with E-state index in [0.29, 0.717) is 29.2 Å². The third-order valence-corrected chi connectivity index (χ3v) is 4.08. The van der Waals surface area contributed by atoms with Gasteiger partial charge in [0, 0.05) is 30.7 Å².